The number of hydrogen-bond acceptors (Lipinski definition) is 7. The van der Waals surface area contributed by atoms with Crippen LogP contribution in [0.25, 0.3) is 33.6 Å². The number of rotatable bonds is 4. The van der Waals surface area contributed by atoms with Gasteiger partial charge in [0.2, 0.25) is 0 Å². The summed E-state index contributed by atoms with van der Waals surface area (Å²) in [6.07, 6.45) is 5.61. The molecule has 4 fully saturated rings. The van der Waals surface area contributed by atoms with Gasteiger partial charge in [-0.15, -0.1) is 0 Å². The molecular formula is C37H43F2N7O4. The lowest BCUT2D eigenvalue weighted by atomic mass is 9.94. The van der Waals surface area contributed by atoms with Crippen molar-refractivity contribution in [2.45, 2.75) is 107 Å². The van der Waals surface area contributed by atoms with E-state index in [1.807, 2.05) is 36.1 Å². The Hall–Kier alpha value is -4.10. The molecule has 11 nitrogen and oxygen atoms in total. The third-order valence-electron chi connectivity index (χ3n) is 11.6. The molecule has 2 aliphatic heterocycles. The van der Waals surface area contributed by atoms with E-state index in [1.165, 1.54) is 0 Å². The molecule has 4 atom stereocenters. The van der Waals surface area contributed by atoms with E-state index < -0.39 is 30.5 Å². The van der Waals surface area contributed by atoms with Crippen molar-refractivity contribution in [1.82, 2.24) is 29.3 Å². The third-order valence-corrected chi connectivity index (χ3v) is 11.6. The Morgan fingerprint density at radius 2 is 1.88 bits per heavy atom. The molecule has 0 radical (unpaired) electrons. The monoisotopic (exact) mass is 687 g/mol. The van der Waals surface area contributed by atoms with E-state index in [0.29, 0.717) is 70.4 Å². The van der Waals surface area contributed by atoms with Crippen LogP contribution in [0.2, 0.25) is 0 Å². The maximum atomic E-state index is 15.9. The van der Waals surface area contributed by atoms with E-state index in [1.54, 1.807) is 17.7 Å². The summed E-state index contributed by atoms with van der Waals surface area (Å²) in [5.41, 5.74) is 8.79. The number of halogens is 2. The number of piperidine rings is 1. The molecule has 9 rings (SSSR count). The quantitative estimate of drug-likeness (QED) is 0.290. The summed E-state index contributed by atoms with van der Waals surface area (Å²) in [4.78, 5) is 39.1. The minimum absolute atomic E-state index is 0.0392. The van der Waals surface area contributed by atoms with Gasteiger partial charge in [0.1, 0.15) is 22.5 Å². The molecule has 5 heterocycles. The van der Waals surface area contributed by atoms with Crippen LogP contribution in [0.4, 0.5) is 8.78 Å². The summed E-state index contributed by atoms with van der Waals surface area (Å²) in [5, 5.41) is 3.74. The Kier molecular flexibility index (Phi) is 7.30. The van der Waals surface area contributed by atoms with Crippen molar-refractivity contribution in [3.63, 3.8) is 0 Å². The standard InChI is InChI=1S/C37H43F2N7O4/c1-20-27-9-5-22-16-29(45(32(22)42-27)19-37(38,39)10-3-13-50-36(11-12-36)35(48)41-20)33-43-28-15-23(17-30(49-2)31(28)46(33)24-7-8-24)34(47)44-18-26(40)21-4-6-25(44)14-21/h5,9,15-17,20-21,24-26H,3-4,6-8,10-14,18-19,40H2,1-2H3,(H,41,48)/t20-,21-,25+,26+/m1/s1. The highest BCUT2D eigenvalue weighted by molar-refractivity contribution is 6.00. The lowest BCUT2D eigenvalue weighted by Crippen LogP contribution is -2.51. The zero-order chi connectivity index (χ0) is 34.5. The number of likely N-dealkylation sites (tertiary alicyclic amines) is 1. The number of ether oxygens (including phenoxy) is 2. The fourth-order valence-corrected chi connectivity index (χ4v) is 8.54. The van der Waals surface area contributed by atoms with Crippen LogP contribution in [-0.2, 0) is 16.1 Å². The highest BCUT2D eigenvalue weighted by atomic mass is 19.3. The zero-order valence-corrected chi connectivity index (χ0v) is 28.5. The normalized spacial score (nSPS) is 27.5. The summed E-state index contributed by atoms with van der Waals surface area (Å²) < 4.78 is 47.3. The van der Waals surface area contributed by atoms with Gasteiger partial charge in [0.05, 0.1) is 36.6 Å². The fourth-order valence-electron chi connectivity index (χ4n) is 8.54. The van der Waals surface area contributed by atoms with E-state index in [4.69, 9.17) is 25.2 Å². The molecule has 3 N–H and O–H groups in total. The molecule has 13 heteroatoms. The number of carbonyl (C=O) groups excluding carboxylic acids is 2. The van der Waals surface area contributed by atoms with Gasteiger partial charge < -0.3 is 34.6 Å². The van der Waals surface area contributed by atoms with Crippen molar-refractivity contribution in [1.29, 1.82) is 0 Å². The van der Waals surface area contributed by atoms with Gasteiger partial charge in [0.25, 0.3) is 17.7 Å². The van der Waals surface area contributed by atoms with Gasteiger partial charge in [-0.3, -0.25) is 9.59 Å². The summed E-state index contributed by atoms with van der Waals surface area (Å²) in [6, 6.07) is 8.95. The molecule has 4 aromatic rings. The number of amides is 2. The minimum Gasteiger partial charge on any atom is -0.494 e. The highest BCUT2D eigenvalue weighted by Gasteiger charge is 2.52. The topological polar surface area (TPSA) is 130 Å². The first-order chi connectivity index (χ1) is 24.0. The average molecular weight is 688 g/mol. The first-order valence-electron chi connectivity index (χ1n) is 18.0. The molecule has 50 heavy (non-hydrogen) atoms. The van der Waals surface area contributed by atoms with Gasteiger partial charge in [-0.25, -0.2) is 18.7 Å². The average Bonchev–Trinajstić information content (AvgIpc) is 3.99. The number of nitrogens with one attached hydrogen (secondary N) is 1. The second-order valence-corrected chi connectivity index (χ2v) is 15.2. The van der Waals surface area contributed by atoms with Crippen LogP contribution in [0, 0.1) is 5.92 Å². The van der Waals surface area contributed by atoms with Crippen molar-refractivity contribution in [3.05, 3.63) is 41.6 Å². The van der Waals surface area contributed by atoms with Crippen molar-refractivity contribution in [2.75, 3.05) is 20.3 Å². The molecule has 5 aliphatic rings. The van der Waals surface area contributed by atoms with E-state index in [0.717, 1.165) is 37.6 Å². The Morgan fingerprint density at radius 3 is 2.64 bits per heavy atom. The number of hydrogen-bond donors (Lipinski definition) is 2. The number of alkyl halides is 2. The molecule has 1 saturated heterocycles. The fraction of sp³-hybridized carbons (Fsp3) is 0.568. The summed E-state index contributed by atoms with van der Waals surface area (Å²) in [7, 11) is 1.58. The van der Waals surface area contributed by atoms with E-state index in [-0.39, 0.29) is 43.0 Å². The Bertz CT molecular complexity index is 2030. The third kappa shape index (κ3) is 5.26. The first kappa shape index (κ1) is 31.9. The number of nitrogens with zero attached hydrogens (tertiary/aromatic N) is 5. The number of methoxy groups -OCH3 is 1. The second-order valence-electron chi connectivity index (χ2n) is 15.2. The van der Waals surface area contributed by atoms with Crippen molar-refractivity contribution >= 4 is 33.9 Å². The van der Waals surface area contributed by atoms with E-state index in [2.05, 4.69) is 9.88 Å². The lowest BCUT2D eigenvalue weighted by molar-refractivity contribution is -0.137. The first-order valence-corrected chi connectivity index (χ1v) is 18.0. The largest absolute Gasteiger partial charge is 0.494 e. The van der Waals surface area contributed by atoms with Gasteiger partial charge in [-0.2, -0.15) is 0 Å². The summed E-state index contributed by atoms with van der Waals surface area (Å²) >= 11 is 0. The Labute approximate surface area is 288 Å². The SMILES string of the molecule is COc1cc(C(=O)N2C[C@H](N)[C@@H]3CC[C@H]2C3)cc2nc(-c3cc4ccc5nc4n3CC(F)(F)CCCOC3(CC3)C(=O)N[C@@H]5C)n(C3CC3)c12. The molecule has 3 aromatic heterocycles. The van der Waals surface area contributed by atoms with Gasteiger partial charge in [-0.1, -0.05) is 0 Å². The van der Waals surface area contributed by atoms with Crippen LogP contribution in [0.1, 0.15) is 92.8 Å². The van der Waals surface area contributed by atoms with Crippen LogP contribution in [0.3, 0.4) is 0 Å². The van der Waals surface area contributed by atoms with Gasteiger partial charge in [-0.05, 0) is 94.5 Å². The number of aromatic nitrogens is 4. The van der Waals surface area contributed by atoms with Crippen LogP contribution in [0.5, 0.6) is 5.75 Å². The number of nitrogens with two attached hydrogens (primary N) is 1. The zero-order valence-electron chi connectivity index (χ0n) is 28.5. The molecule has 1 aromatic carbocycles. The molecular weight excluding hydrogens is 644 g/mol. The van der Waals surface area contributed by atoms with Crippen LogP contribution < -0.4 is 15.8 Å². The summed E-state index contributed by atoms with van der Waals surface area (Å²) in [6.45, 7) is 1.85. The predicted octanol–water partition coefficient (Wildman–Crippen LogP) is 5.50. The van der Waals surface area contributed by atoms with Crippen molar-refractivity contribution < 1.29 is 27.8 Å². The van der Waals surface area contributed by atoms with Crippen molar-refractivity contribution in [2.24, 2.45) is 11.7 Å². The van der Waals surface area contributed by atoms with Crippen molar-refractivity contribution in [3.8, 4) is 17.3 Å². The van der Waals surface area contributed by atoms with E-state index >= 15 is 8.78 Å². The lowest BCUT2D eigenvalue weighted by Gasteiger charge is -2.37. The maximum Gasteiger partial charge on any atom is 0.265 e. The number of carbonyl (C=O) groups is 2. The molecule has 4 bridgehead atoms. The summed E-state index contributed by atoms with van der Waals surface area (Å²) in [5.74, 6) is -1.90. The highest BCUT2D eigenvalue weighted by Crippen LogP contribution is 2.46. The smallest absolute Gasteiger partial charge is 0.265 e. The molecule has 1 spiro atoms. The molecule has 264 valence electrons. The van der Waals surface area contributed by atoms with Crippen LogP contribution >= 0.6 is 0 Å². The van der Waals surface area contributed by atoms with Gasteiger partial charge in [0.15, 0.2) is 5.82 Å². The van der Waals surface area contributed by atoms with Crippen LogP contribution in [-0.4, -0.2) is 79.7 Å². The molecule has 3 saturated carbocycles. The second kappa shape index (κ2) is 11.5. The number of benzene rings is 1. The minimum atomic E-state index is -3.08. The van der Waals surface area contributed by atoms with E-state index in [9.17, 15) is 9.59 Å². The molecule has 3 aliphatic carbocycles. The van der Waals surface area contributed by atoms with Gasteiger partial charge in [0, 0.05) is 48.6 Å². The Morgan fingerprint density at radius 1 is 1.08 bits per heavy atom. The maximum absolute atomic E-state index is 15.9. The van der Waals surface area contributed by atoms with Gasteiger partial charge >= 0.3 is 0 Å². The van der Waals surface area contributed by atoms with Crippen LogP contribution in [0.15, 0.2) is 30.3 Å². The predicted molar refractivity (Wildman–Crippen MR) is 182 cm³/mol. The Balaban J connectivity index is 1.17. The number of fused-ring (bicyclic) bond motifs is 4. The number of imidazole rings is 1. The molecule has 2 amide bonds. The molecule has 0 unspecified atom stereocenters. The number of pyridine rings is 1.